The van der Waals surface area contributed by atoms with E-state index in [4.69, 9.17) is 4.74 Å². The third-order valence-electron chi connectivity index (χ3n) is 5.46. The van der Waals surface area contributed by atoms with E-state index in [1.807, 2.05) is 0 Å². The number of morpholine rings is 1. The summed E-state index contributed by atoms with van der Waals surface area (Å²) in [5.74, 6) is 0.236. The molecule has 2 fully saturated rings. The normalized spacial score (nSPS) is 21.0. The van der Waals surface area contributed by atoms with Gasteiger partial charge in [0.2, 0.25) is 0 Å². The Labute approximate surface area is 152 Å². The van der Waals surface area contributed by atoms with Gasteiger partial charge in [-0.25, -0.2) is 0 Å². The van der Waals surface area contributed by atoms with Gasteiger partial charge in [0, 0.05) is 32.2 Å². The van der Waals surface area contributed by atoms with Gasteiger partial charge in [-0.1, -0.05) is 12.1 Å². The Morgan fingerprint density at radius 3 is 2.46 bits per heavy atom. The number of amides is 1. The van der Waals surface area contributed by atoms with Crippen LogP contribution in [-0.2, 0) is 4.74 Å². The van der Waals surface area contributed by atoms with Gasteiger partial charge in [-0.3, -0.25) is 9.69 Å². The Hall–Kier alpha value is -1.73. The number of para-hydroxylation sites is 1. The summed E-state index contributed by atoms with van der Waals surface area (Å²) in [6.45, 7) is 4.06. The molecule has 0 saturated carbocycles. The molecule has 1 amide bonds. The number of halogens is 2. The average molecular weight is 368 g/mol. The van der Waals surface area contributed by atoms with Crippen molar-refractivity contribution in [2.24, 2.45) is 5.92 Å². The maximum atomic E-state index is 12.8. The van der Waals surface area contributed by atoms with E-state index in [1.54, 1.807) is 23.1 Å². The predicted octanol–water partition coefficient (Wildman–Crippen LogP) is 2.86. The van der Waals surface area contributed by atoms with Gasteiger partial charge in [0.1, 0.15) is 5.75 Å². The van der Waals surface area contributed by atoms with Crippen LogP contribution in [0.4, 0.5) is 8.78 Å². The molecule has 1 aromatic carbocycles. The molecule has 0 bridgehead atoms. The summed E-state index contributed by atoms with van der Waals surface area (Å²) in [6.07, 6.45) is 1.84. The lowest BCUT2D eigenvalue weighted by Gasteiger charge is -2.41. The lowest BCUT2D eigenvalue weighted by molar-refractivity contribution is -0.0503. The van der Waals surface area contributed by atoms with E-state index in [0.717, 1.165) is 39.1 Å². The Morgan fingerprint density at radius 2 is 1.81 bits per heavy atom. The first-order valence-electron chi connectivity index (χ1n) is 9.21. The van der Waals surface area contributed by atoms with Crippen LogP contribution in [0.2, 0.25) is 0 Å². The molecule has 2 heterocycles. The number of hydrogen-bond donors (Lipinski definition) is 0. The fourth-order valence-electron chi connectivity index (χ4n) is 3.88. The summed E-state index contributed by atoms with van der Waals surface area (Å²) < 4.78 is 35.0. The van der Waals surface area contributed by atoms with Crippen molar-refractivity contribution in [2.45, 2.75) is 32.4 Å². The molecule has 0 unspecified atom stereocenters. The molecular formula is C19H26F2N2O3. The Morgan fingerprint density at radius 1 is 1.15 bits per heavy atom. The first kappa shape index (κ1) is 19.0. The molecular weight excluding hydrogens is 342 g/mol. The molecule has 7 heteroatoms. The van der Waals surface area contributed by atoms with Gasteiger partial charge in [-0.15, -0.1) is 0 Å². The summed E-state index contributed by atoms with van der Waals surface area (Å²) in [5, 5.41) is 0. The molecule has 2 aliphatic heterocycles. The van der Waals surface area contributed by atoms with Crippen LogP contribution in [0.15, 0.2) is 24.3 Å². The second-order valence-electron chi connectivity index (χ2n) is 6.89. The van der Waals surface area contributed by atoms with Crippen molar-refractivity contribution in [1.29, 1.82) is 0 Å². The Balaban J connectivity index is 1.58. The minimum absolute atomic E-state index is 0.0590. The van der Waals surface area contributed by atoms with Crippen molar-refractivity contribution in [3.63, 3.8) is 0 Å². The number of nitrogens with zero attached hydrogens (tertiary/aromatic N) is 2. The largest absolute Gasteiger partial charge is 0.434 e. The van der Waals surface area contributed by atoms with Crippen LogP contribution >= 0.6 is 0 Å². The SMILES string of the molecule is C[C@H](C1CCN(C(=O)c2ccccc2OC(F)F)CC1)N1CCOCC1. The highest BCUT2D eigenvalue weighted by Crippen LogP contribution is 2.28. The molecule has 0 aromatic heterocycles. The average Bonchev–Trinajstić information content (AvgIpc) is 2.68. The molecule has 3 rings (SSSR count). The van der Waals surface area contributed by atoms with E-state index in [-0.39, 0.29) is 17.2 Å². The van der Waals surface area contributed by atoms with Crippen molar-refractivity contribution in [2.75, 3.05) is 39.4 Å². The number of likely N-dealkylation sites (tertiary alicyclic amines) is 1. The summed E-state index contributed by atoms with van der Waals surface area (Å²) in [6, 6.07) is 6.67. The summed E-state index contributed by atoms with van der Waals surface area (Å²) >= 11 is 0. The molecule has 1 atom stereocenters. The quantitative estimate of drug-likeness (QED) is 0.802. The predicted molar refractivity (Wildman–Crippen MR) is 93.6 cm³/mol. The molecule has 1 aromatic rings. The van der Waals surface area contributed by atoms with Crippen molar-refractivity contribution in [3.05, 3.63) is 29.8 Å². The van der Waals surface area contributed by atoms with Crippen molar-refractivity contribution in [3.8, 4) is 5.75 Å². The van der Waals surface area contributed by atoms with Gasteiger partial charge < -0.3 is 14.4 Å². The molecule has 2 saturated heterocycles. The van der Waals surface area contributed by atoms with Crippen LogP contribution in [0.3, 0.4) is 0 Å². The highest BCUT2D eigenvalue weighted by Gasteiger charge is 2.31. The molecule has 144 valence electrons. The van der Waals surface area contributed by atoms with E-state index < -0.39 is 6.61 Å². The lowest BCUT2D eigenvalue weighted by atomic mass is 9.89. The molecule has 2 aliphatic rings. The van der Waals surface area contributed by atoms with E-state index >= 15 is 0 Å². The van der Waals surface area contributed by atoms with Crippen molar-refractivity contribution >= 4 is 5.91 Å². The summed E-state index contributed by atoms with van der Waals surface area (Å²) in [7, 11) is 0. The first-order chi connectivity index (χ1) is 12.6. The summed E-state index contributed by atoms with van der Waals surface area (Å²) in [4.78, 5) is 17.0. The number of piperidine rings is 1. The second kappa shape index (κ2) is 8.77. The molecule has 5 nitrogen and oxygen atoms in total. The maximum absolute atomic E-state index is 12.8. The Bertz CT molecular complexity index is 600. The van der Waals surface area contributed by atoms with Crippen LogP contribution in [0, 0.1) is 5.92 Å². The second-order valence-corrected chi connectivity index (χ2v) is 6.89. The van der Waals surface area contributed by atoms with Gasteiger partial charge in [0.15, 0.2) is 0 Å². The number of carbonyl (C=O) groups excluding carboxylic acids is 1. The van der Waals surface area contributed by atoms with Gasteiger partial charge in [-0.05, 0) is 37.8 Å². The first-order valence-corrected chi connectivity index (χ1v) is 9.21. The smallest absolute Gasteiger partial charge is 0.387 e. The van der Waals surface area contributed by atoms with Gasteiger partial charge in [-0.2, -0.15) is 8.78 Å². The molecule has 0 radical (unpaired) electrons. The fraction of sp³-hybridized carbons (Fsp3) is 0.632. The van der Waals surface area contributed by atoms with E-state index in [1.165, 1.54) is 6.07 Å². The molecule has 0 N–H and O–H groups in total. The van der Waals surface area contributed by atoms with E-state index in [0.29, 0.717) is 25.0 Å². The number of rotatable bonds is 5. The standard InChI is InChI=1S/C19H26F2N2O3/c1-14(22-10-12-25-13-11-22)15-6-8-23(9-7-15)18(24)16-4-2-3-5-17(16)26-19(20)21/h2-5,14-15,19H,6-13H2,1H3/t14-/m1/s1. The zero-order valence-corrected chi connectivity index (χ0v) is 15.1. The van der Waals surface area contributed by atoms with Crippen LogP contribution in [0.1, 0.15) is 30.1 Å². The van der Waals surface area contributed by atoms with E-state index in [2.05, 4.69) is 16.6 Å². The fourth-order valence-corrected chi connectivity index (χ4v) is 3.88. The van der Waals surface area contributed by atoms with Crippen molar-refractivity contribution in [1.82, 2.24) is 9.80 Å². The molecule has 26 heavy (non-hydrogen) atoms. The number of carbonyl (C=O) groups is 1. The molecule has 0 aliphatic carbocycles. The number of alkyl halides is 2. The van der Waals surface area contributed by atoms with Crippen LogP contribution in [-0.4, -0.2) is 67.8 Å². The minimum Gasteiger partial charge on any atom is -0.434 e. The number of benzene rings is 1. The highest BCUT2D eigenvalue weighted by atomic mass is 19.3. The number of hydrogen-bond acceptors (Lipinski definition) is 4. The number of ether oxygens (including phenoxy) is 2. The topological polar surface area (TPSA) is 42.0 Å². The van der Waals surface area contributed by atoms with E-state index in [9.17, 15) is 13.6 Å². The maximum Gasteiger partial charge on any atom is 0.387 e. The zero-order chi connectivity index (χ0) is 18.5. The molecule has 0 spiro atoms. The lowest BCUT2D eigenvalue weighted by Crippen LogP contribution is -2.49. The highest BCUT2D eigenvalue weighted by molar-refractivity contribution is 5.97. The monoisotopic (exact) mass is 368 g/mol. The van der Waals surface area contributed by atoms with Gasteiger partial charge >= 0.3 is 6.61 Å². The van der Waals surface area contributed by atoms with Gasteiger partial charge in [0.25, 0.3) is 5.91 Å². The third kappa shape index (κ3) is 4.51. The van der Waals surface area contributed by atoms with Gasteiger partial charge in [0.05, 0.1) is 18.8 Å². The van der Waals surface area contributed by atoms with Crippen LogP contribution in [0.25, 0.3) is 0 Å². The summed E-state index contributed by atoms with van der Waals surface area (Å²) in [5.41, 5.74) is 0.201. The van der Waals surface area contributed by atoms with Crippen molar-refractivity contribution < 1.29 is 23.0 Å². The third-order valence-corrected chi connectivity index (χ3v) is 5.46. The van der Waals surface area contributed by atoms with Crippen LogP contribution < -0.4 is 4.74 Å². The zero-order valence-electron chi connectivity index (χ0n) is 15.1. The Kier molecular flexibility index (Phi) is 6.43. The minimum atomic E-state index is -2.94. The van der Waals surface area contributed by atoms with Crippen LogP contribution in [0.5, 0.6) is 5.75 Å².